The van der Waals surface area contributed by atoms with Crippen molar-refractivity contribution in [2.75, 3.05) is 0 Å². The Labute approximate surface area is 141 Å². The van der Waals surface area contributed by atoms with E-state index < -0.39 is 0 Å². The Kier molecular flexibility index (Phi) is 3.83. The zero-order valence-electron chi connectivity index (χ0n) is 15.2. The fourth-order valence-electron chi connectivity index (χ4n) is 6.12. The highest BCUT2D eigenvalue weighted by atomic mass is 16.5. The Balaban J connectivity index is 1.65. The van der Waals surface area contributed by atoms with Crippen molar-refractivity contribution < 1.29 is 4.74 Å². The molecule has 0 bridgehead atoms. The first-order chi connectivity index (χ1) is 11.0. The molecule has 0 N–H and O–H groups in total. The molecular formula is C22H32O. The molecule has 0 heterocycles. The molecule has 0 unspecified atom stereocenters. The molecule has 4 aliphatic rings. The van der Waals surface area contributed by atoms with E-state index in [1.165, 1.54) is 56.9 Å². The van der Waals surface area contributed by atoms with Crippen molar-refractivity contribution in [3.63, 3.8) is 0 Å². The van der Waals surface area contributed by atoms with Gasteiger partial charge in [-0.15, -0.1) is 0 Å². The second-order valence-corrected chi connectivity index (χ2v) is 8.84. The number of ether oxygens (including phenoxy) is 1. The first-order valence-electron chi connectivity index (χ1n) is 9.75. The Hall–Kier alpha value is -0.820. The van der Waals surface area contributed by atoms with E-state index in [0.29, 0.717) is 17.6 Å². The van der Waals surface area contributed by atoms with Crippen LogP contribution in [0.15, 0.2) is 34.9 Å². The van der Waals surface area contributed by atoms with Gasteiger partial charge in [-0.1, -0.05) is 30.7 Å². The van der Waals surface area contributed by atoms with Gasteiger partial charge in [0.15, 0.2) is 0 Å². The fraction of sp³-hybridized carbons (Fsp3) is 0.727. The first kappa shape index (κ1) is 15.7. The number of hydrogen-bond donors (Lipinski definition) is 0. The predicted molar refractivity (Wildman–Crippen MR) is 96.3 cm³/mol. The predicted octanol–water partition coefficient (Wildman–Crippen LogP) is 5.97. The van der Waals surface area contributed by atoms with Crippen molar-refractivity contribution in [1.82, 2.24) is 0 Å². The van der Waals surface area contributed by atoms with Crippen molar-refractivity contribution >= 4 is 0 Å². The molecule has 0 aliphatic heterocycles. The molecule has 0 spiro atoms. The van der Waals surface area contributed by atoms with E-state index in [1.54, 1.807) is 11.1 Å². The SMILES string of the molecule is C=C1C=C2CC[C@@H]3C(=C2CC1)CC[C@]1(C)[C@@H](OC(C)C)CC[C@@H]31. The van der Waals surface area contributed by atoms with Gasteiger partial charge < -0.3 is 4.74 Å². The summed E-state index contributed by atoms with van der Waals surface area (Å²) in [6, 6.07) is 0. The summed E-state index contributed by atoms with van der Waals surface area (Å²) in [5.74, 6) is 1.70. The van der Waals surface area contributed by atoms with Gasteiger partial charge in [0, 0.05) is 0 Å². The summed E-state index contributed by atoms with van der Waals surface area (Å²) in [5, 5.41) is 0. The maximum atomic E-state index is 6.35. The molecule has 0 amide bonds. The molecule has 23 heavy (non-hydrogen) atoms. The van der Waals surface area contributed by atoms with Crippen LogP contribution in [-0.4, -0.2) is 12.2 Å². The molecule has 0 aromatic rings. The average Bonchev–Trinajstić information content (AvgIpc) is 2.83. The fourth-order valence-corrected chi connectivity index (χ4v) is 6.12. The summed E-state index contributed by atoms with van der Waals surface area (Å²) >= 11 is 0. The van der Waals surface area contributed by atoms with Crippen LogP contribution in [0.4, 0.5) is 0 Å². The summed E-state index contributed by atoms with van der Waals surface area (Å²) in [7, 11) is 0. The maximum absolute atomic E-state index is 6.35. The molecule has 2 fully saturated rings. The van der Waals surface area contributed by atoms with Crippen LogP contribution in [0.5, 0.6) is 0 Å². The summed E-state index contributed by atoms with van der Waals surface area (Å²) in [6.07, 6.45) is 13.6. The van der Waals surface area contributed by atoms with Crippen LogP contribution in [0, 0.1) is 17.3 Å². The molecule has 0 saturated heterocycles. The smallest absolute Gasteiger partial charge is 0.0635 e. The quantitative estimate of drug-likeness (QED) is 0.610. The van der Waals surface area contributed by atoms with Gasteiger partial charge in [0.25, 0.3) is 0 Å². The van der Waals surface area contributed by atoms with E-state index in [9.17, 15) is 0 Å². The number of rotatable bonds is 2. The highest BCUT2D eigenvalue weighted by molar-refractivity contribution is 5.47. The van der Waals surface area contributed by atoms with Crippen molar-refractivity contribution in [1.29, 1.82) is 0 Å². The van der Waals surface area contributed by atoms with Crippen LogP contribution in [0.2, 0.25) is 0 Å². The molecule has 4 aliphatic carbocycles. The Morgan fingerprint density at radius 2 is 1.96 bits per heavy atom. The lowest BCUT2D eigenvalue weighted by Crippen LogP contribution is -2.43. The number of allylic oxidation sites excluding steroid dienone is 5. The van der Waals surface area contributed by atoms with Gasteiger partial charge in [-0.05, 0) is 93.6 Å². The number of fused-ring (bicyclic) bond motifs is 4. The van der Waals surface area contributed by atoms with E-state index in [4.69, 9.17) is 4.74 Å². The highest BCUT2D eigenvalue weighted by Crippen LogP contribution is 2.60. The zero-order chi connectivity index (χ0) is 16.2. The van der Waals surface area contributed by atoms with Gasteiger partial charge in [0.2, 0.25) is 0 Å². The molecule has 0 radical (unpaired) electrons. The molecule has 0 aromatic heterocycles. The van der Waals surface area contributed by atoms with Gasteiger partial charge in [0.05, 0.1) is 12.2 Å². The van der Waals surface area contributed by atoms with E-state index in [0.717, 1.165) is 11.8 Å². The van der Waals surface area contributed by atoms with Crippen LogP contribution in [0.3, 0.4) is 0 Å². The lowest BCUT2D eigenvalue weighted by molar-refractivity contribution is -0.0747. The molecule has 4 rings (SSSR count). The Morgan fingerprint density at radius 3 is 2.74 bits per heavy atom. The summed E-state index contributed by atoms with van der Waals surface area (Å²) < 4.78 is 6.35. The monoisotopic (exact) mass is 312 g/mol. The van der Waals surface area contributed by atoms with Gasteiger partial charge in [0.1, 0.15) is 0 Å². The third-order valence-electron chi connectivity index (χ3n) is 7.20. The molecular weight excluding hydrogens is 280 g/mol. The molecule has 4 atom stereocenters. The minimum absolute atomic E-state index is 0.362. The van der Waals surface area contributed by atoms with E-state index in [-0.39, 0.29) is 0 Å². The third kappa shape index (κ3) is 2.47. The van der Waals surface area contributed by atoms with Crippen LogP contribution in [-0.2, 0) is 4.74 Å². The second-order valence-electron chi connectivity index (χ2n) is 8.84. The van der Waals surface area contributed by atoms with Gasteiger partial charge >= 0.3 is 0 Å². The van der Waals surface area contributed by atoms with Gasteiger partial charge in [-0.2, -0.15) is 0 Å². The molecule has 1 heteroatoms. The van der Waals surface area contributed by atoms with Gasteiger partial charge in [-0.25, -0.2) is 0 Å². The van der Waals surface area contributed by atoms with Crippen molar-refractivity contribution in [2.24, 2.45) is 17.3 Å². The molecule has 2 saturated carbocycles. The van der Waals surface area contributed by atoms with Crippen LogP contribution >= 0.6 is 0 Å². The topological polar surface area (TPSA) is 9.23 Å². The standard InChI is InChI=1S/C22H32O/c1-14(2)23-21-10-9-20-19-8-6-16-13-15(3)5-7-17(16)18(19)11-12-22(20,21)4/h13-14,19-21H,3,5-12H2,1-2,4H3/t19-,20+,21+,22+/m1/s1. The second kappa shape index (κ2) is 5.62. The van der Waals surface area contributed by atoms with Crippen LogP contribution in [0.1, 0.15) is 72.1 Å². The van der Waals surface area contributed by atoms with E-state index >= 15 is 0 Å². The summed E-state index contributed by atoms with van der Waals surface area (Å²) in [5.41, 5.74) is 6.96. The minimum Gasteiger partial charge on any atom is -0.375 e. The zero-order valence-corrected chi connectivity index (χ0v) is 15.2. The van der Waals surface area contributed by atoms with Crippen molar-refractivity contribution in [3.8, 4) is 0 Å². The Bertz CT molecular complexity index is 579. The van der Waals surface area contributed by atoms with E-state index in [2.05, 4.69) is 33.4 Å². The minimum atomic E-state index is 0.362. The third-order valence-corrected chi connectivity index (χ3v) is 7.20. The lowest BCUT2D eigenvalue weighted by Gasteiger charge is -2.49. The summed E-state index contributed by atoms with van der Waals surface area (Å²) in [6.45, 7) is 11.1. The molecule has 0 aromatic carbocycles. The normalized spacial score (nSPS) is 39.9. The van der Waals surface area contributed by atoms with Gasteiger partial charge in [-0.3, -0.25) is 0 Å². The number of hydrogen-bond acceptors (Lipinski definition) is 1. The first-order valence-corrected chi connectivity index (χ1v) is 9.75. The van der Waals surface area contributed by atoms with Crippen molar-refractivity contribution in [3.05, 3.63) is 34.9 Å². The largest absolute Gasteiger partial charge is 0.375 e. The summed E-state index contributed by atoms with van der Waals surface area (Å²) in [4.78, 5) is 0. The van der Waals surface area contributed by atoms with Crippen LogP contribution < -0.4 is 0 Å². The highest BCUT2D eigenvalue weighted by Gasteiger charge is 2.54. The molecule has 126 valence electrons. The molecule has 1 nitrogen and oxygen atoms in total. The average molecular weight is 312 g/mol. The van der Waals surface area contributed by atoms with Crippen molar-refractivity contribution in [2.45, 2.75) is 84.3 Å². The van der Waals surface area contributed by atoms with E-state index in [1.807, 2.05) is 5.57 Å². The Morgan fingerprint density at radius 1 is 1.13 bits per heavy atom. The maximum Gasteiger partial charge on any atom is 0.0635 e. The van der Waals surface area contributed by atoms with Crippen LogP contribution in [0.25, 0.3) is 0 Å². The lowest BCUT2D eigenvalue weighted by atomic mass is 9.57.